The third kappa shape index (κ3) is 1.88. The minimum Gasteiger partial charge on any atom is -0.310 e. The number of carbonyl (C=O) groups is 2. The van der Waals surface area contributed by atoms with Crippen LogP contribution in [-0.2, 0) is 9.59 Å². The molecule has 0 spiro atoms. The molecule has 1 aliphatic heterocycles. The van der Waals surface area contributed by atoms with Crippen LogP contribution >= 0.6 is 0 Å². The van der Waals surface area contributed by atoms with Crippen LogP contribution in [0.5, 0.6) is 0 Å². The number of anilines is 1. The number of hydrogen-bond donors (Lipinski definition) is 0. The van der Waals surface area contributed by atoms with Gasteiger partial charge in [0, 0.05) is 19.2 Å². The van der Waals surface area contributed by atoms with Crippen LogP contribution in [0, 0.1) is 6.92 Å². The third-order valence-corrected chi connectivity index (χ3v) is 2.57. The molecule has 1 aromatic heterocycles. The van der Waals surface area contributed by atoms with Crippen LogP contribution in [0.2, 0.25) is 0 Å². The lowest BCUT2D eigenvalue weighted by Gasteiger charge is -2.26. The second-order valence-electron chi connectivity index (χ2n) is 3.67. The molecule has 78 valence electrons. The predicted octanol–water partition coefficient (Wildman–Crippen LogP) is 1.09. The third-order valence-electron chi connectivity index (χ3n) is 2.57. The van der Waals surface area contributed by atoms with Gasteiger partial charge in [-0.25, -0.2) is 0 Å². The first-order valence-corrected chi connectivity index (χ1v) is 4.91. The number of aromatic nitrogens is 1. The zero-order valence-corrected chi connectivity index (χ0v) is 8.56. The maximum atomic E-state index is 11.6. The summed E-state index contributed by atoms with van der Waals surface area (Å²) >= 11 is 0. The van der Waals surface area contributed by atoms with Gasteiger partial charge in [0.25, 0.3) is 0 Å². The quantitative estimate of drug-likeness (QED) is 0.643. The fourth-order valence-electron chi connectivity index (χ4n) is 1.71. The number of amides is 1. The number of Topliss-reactive ketones (excluding diaryl/α,β-unsaturated/α-hetero) is 1. The van der Waals surface area contributed by atoms with Crippen LogP contribution in [-0.4, -0.2) is 23.2 Å². The molecule has 2 heterocycles. The molecular formula is C11H12N2O2. The SMILES string of the molecule is Cc1ccncc1N1CCC(=O)CC1=O. The van der Waals surface area contributed by atoms with Gasteiger partial charge in [-0.2, -0.15) is 0 Å². The Morgan fingerprint density at radius 1 is 1.40 bits per heavy atom. The number of carbonyl (C=O) groups excluding carboxylic acids is 2. The van der Waals surface area contributed by atoms with E-state index in [4.69, 9.17) is 0 Å². The van der Waals surface area contributed by atoms with E-state index in [1.54, 1.807) is 17.3 Å². The van der Waals surface area contributed by atoms with E-state index in [1.807, 2.05) is 13.0 Å². The zero-order valence-electron chi connectivity index (χ0n) is 8.56. The highest BCUT2D eigenvalue weighted by molar-refractivity contribution is 6.08. The number of pyridine rings is 1. The Kier molecular flexibility index (Phi) is 2.49. The molecule has 4 heteroatoms. The van der Waals surface area contributed by atoms with Crippen LogP contribution in [0.1, 0.15) is 18.4 Å². The van der Waals surface area contributed by atoms with Crippen LogP contribution in [0.3, 0.4) is 0 Å². The highest BCUT2D eigenvalue weighted by Gasteiger charge is 2.25. The Hall–Kier alpha value is -1.71. The van der Waals surface area contributed by atoms with Crippen molar-refractivity contribution in [2.75, 3.05) is 11.4 Å². The Balaban J connectivity index is 2.28. The molecule has 0 aromatic carbocycles. The van der Waals surface area contributed by atoms with Gasteiger partial charge in [0.15, 0.2) is 0 Å². The Bertz CT molecular complexity index is 415. The molecule has 0 saturated carbocycles. The summed E-state index contributed by atoms with van der Waals surface area (Å²) in [6.45, 7) is 2.41. The molecule has 0 unspecified atom stereocenters. The molecule has 0 N–H and O–H groups in total. The first kappa shape index (κ1) is 9.83. The zero-order chi connectivity index (χ0) is 10.8. The molecule has 1 aliphatic rings. The number of rotatable bonds is 1. The largest absolute Gasteiger partial charge is 0.310 e. The molecule has 4 nitrogen and oxygen atoms in total. The molecule has 0 radical (unpaired) electrons. The topological polar surface area (TPSA) is 50.3 Å². The summed E-state index contributed by atoms with van der Waals surface area (Å²) < 4.78 is 0. The van der Waals surface area contributed by atoms with Crippen LogP contribution in [0.15, 0.2) is 18.5 Å². The average molecular weight is 204 g/mol. The Morgan fingerprint density at radius 2 is 2.20 bits per heavy atom. The maximum absolute atomic E-state index is 11.6. The van der Waals surface area contributed by atoms with E-state index in [0.29, 0.717) is 13.0 Å². The van der Waals surface area contributed by atoms with Gasteiger partial charge in [-0.1, -0.05) is 0 Å². The van der Waals surface area contributed by atoms with Gasteiger partial charge in [0.1, 0.15) is 5.78 Å². The Labute approximate surface area is 87.9 Å². The van der Waals surface area contributed by atoms with Crippen molar-refractivity contribution < 1.29 is 9.59 Å². The van der Waals surface area contributed by atoms with Gasteiger partial charge < -0.3 is 4.90 Å². The standard InChI is InChI=1S/C11H12N2O2/c1-8-2-4-12-7-10(8)13-5-3-9(14)6-11(13)15/h2,4,7H,3,5-6H2,1H3. The monoisotopic (exact) mass is 204 g/mol. The molecule has 0 atom stereocenters. The van der Waals surface area contributed by atoms with Gasteiger partial charge in [0.2, 0.25) is 5.91 Å². The first-order valence-electron chi connectivity index (χ1n) is 4.91. The lowest BCUT2D eigenvalue weighted by atomic mass is 10.1. The van der Waals surface area contributed by atoms with Crippen molar-refractivity contribution in [2.24, 2.45) is 0 Å². The maximum Gasteiger partial charge on any atom is 0.234 e. The molecule has 0 aliphatic carbocycles. The van der Waals surface area contributed by atoms with Crippen molar-refractivity contribution in [2.45, 2.75) is 19.8 Å². The molecule has 2 rings (SSSR count). The molecule has 15 heavy (non-hydrogen) atoms. The minimum absolute atomic E-state index is 0.0222. The normalized spacial score (nSPS) is 17.0. The number of piperidine rings is 1. The highest BCUT2D eigenvalue weighted by atomic mass is 16.2. The predicted molar refractivity (Wildman–Crippen MR) is 55.6 cm³/mol. The van der Waals surface area contributed by atoms with Crippen molar-refractivity contribution in [3.8, 4) is 0 Å². The van der Waals surface area contributed by atoms with Gasteiger partial charge in [-0.3, -0.25) is 14.6 Å². The molecule has 1 fully saturated rings. The van der Waals surface area contributed by atoms with E-state index in [9.17, 15) is 9.59 Å². The summed E-state index contributed by atoms with van der Waals surface area (Å²) in [6.07, 6.45) is 3.83. The van der Waals surface area contributed by atoms with Gasteiger partial charge in [-0.15, -0.1) is 0 Å². The van der Waals surface area contributed by atoms with E-state index < -0.39 is 0 Å². The fourth-order valence-corrected chi connectivity index (χ4v) is 1.71. The average Bonchev–Trinajstić information content (AvgIpc) is 2.20. The molecular weight excluding hydrogens is 192 g/mol. The molecule has 0 bridgehead atoms. The molecule has 1 aromatic rings. The molecule has 1 saturated heterocycles. The lowest BCUT2D eigenvalue weighted by molar-refractivity contribution is -0.128. The second kappa shape index (κ2) is 3.81. The second-order valence-corrected chi connectivity index (χ2v) is 3.67. The van der Waals surface area contributed by atoms with Gasteiger partial charge >= 0.3 is 0 Å². The van der Waals surface area contributed by atoms with Crippen molar-refractivity contribution in [3.05, 3.63) is 24.0 Å². The van der Waals surface area contributed by atoms with Gasteiger partial charge in [-0.05, 0) is 18.6 Å². The minimum atomic E-state index is -0.123. The molecule has 1 amide bonds. The smallest absolute Gasteiger partial charge is 0.234 e. The van der Waals surface area contributed by atoms with Crippen molar-refractivity contribution in [3.63, 3.8) is 0 Å². The number of hydrogen-bond acceptors (Lipinski definition) is 3. The summed E-state index contributed by atoms with van der Waals surface area (Å²) in [5.74, 6) is -0.0971. The summed E-state index contributed by atoms with van der Waals surface area (Å²) in [4.78, 5) is 28.3. The Morgan fingerprint density at radius 3 is 2.87 bits per heavy atom. The first-order chi connectivity index (χ1) is 7.18. The number of ketones is 1. The number of nitrogens with zero attached hydrogens (tertiary/aromatic N) is 2. The van der Waals surface area contributed by atoms with Crippen LogP contribution in [0.25, 0.3) is 0 Å². The number of aryl methyl sites for hydroxylation is 1. The highest BCUT2D eigenvalue weighted by Crippen LogP contribution is 2.21. The van der Waals surface area contributed by atoms with Crippen LogP contribution < -0.4 is 4.90 Å². The van der Waals surface area contributed by atoms with E-state index in [0.717, 1.165) is 11.3 Å². The van der Waals surface area contributed by atoms with Crippen molar-refractivity contribution in [1.29, 1.82) is 0 Å². The van der Waals surface area contributed by atoms with Crippen LogP contribution in [0.4, 0.5) is 5.69 Å². The van der Waals surface area contributed by atoms with Crippen molar-refractivity contribution in [1.82, 2.24) is 4.98 Å². The fraction of sp³-hybridized carbons (Fsp3) is 0.364. The summed E-state index contributed by atoms with van der Waals surface area (Å²) in [7, 11) is 0. The van der Waals surface area contributed by atoms with E-state index in [2.05, 4.69) is 4.98 Å². The summed E-state index contributed by atoms with van der Waals surface area (Å²) in [5.41, 5.74) is 1.82. The van der Waals surface area contributed by atoms with E-state index in [1.165, 1.54) is 0 Å². The van der Waals surface area contributed by atoms with Gasteiger partial charge in [0.05, 0.1) is 18.3 Å². The van der Waals surface area contributed by atoms with Crippen molar-refractivity contribution >= 4 is 17.4 Å². The lowest BCUT2D eigenvalue weighted by Crippen LogP contribution is -2.39. The van der Waals surface area contributed by atoms with E-state index >= 15 is 0 Å². The summed E-state index contributed by atoms with van der Waals surface area (Å²) in [6, 6.07) is 1.86. The summed E-state index contributed by atoms with van der Waals surface area (Å²) in [5, 5.41) is 0. The van der Waals surface area contributed by atoms with E-state index in [-0.39, 0.29) is 18.1 Å².